The molecule has 3 rings (SSSR count). The Morgan fingerprint density at radius 2 is 2.00 bits per heavy atom. The first-order valence-electron chi connectivity index (χ1n) is 7.15. The van der Waals surface area contributed by atoms with Gasteiger partial charge < -0.3 is 15.0 Å². The summed E-state index contributed by atoms with van der Waals surface area (Å²) in [5, 5.41) is 3.24. The molecule has 3 nitrogen and oxygen atoms in total. The van der Waals surface area contributed by atoms with Gasteiger partial charge in [-0.25, -0.2) is 4.39 Å². The number of nitrogens with zero attached hydrogens (tertiary/aromatic N) is 1. The van der Waals surface area contributed by atoms with Crippen LogP contribution in [0.4, 0.5) is 10.1 Å². The summed E-state index contributed by atoms with van der Waals surface area (Å²) in [5.41, 5.74) is 2.00. The molecule has 2 heterocycles. The molecule has 1 aromatic carbocycles. The molecule has 2 bridgehead atoms. The summed E-state index contributed by atoms with van der Waals surface area (Å²) in [6, 6.07) is 5.35. The van der Waals surface area contributed by atoms with Crippen molar-refractivity contribution in [2.45, 2.75) is 38.5 Å². The largest absolute Gasteiger partial charge is 0.371 e. The number of rotatable bonds is 4. The lowest BCUT2D eigenvalue weighted by molar-refractivity contribution is 0.0305. The summed E-state index contributed by atoms with van der Waals surface area (Å²) >= 11 is 0. The first kappa shape index (κ1) is 12.9. The van der Waals surface area contributed by atoms with Crippen molar-refractivity contribution in [1.29, 1.82) is 0 Å². The van der Waals surface area contributed by atoms with Crippen LogP contribution >= 0.6 is 0 Å². The lowest BCUT2D eigenvalue weighted by Crippen LogP contribution is -2.42. The van der Waals surface area contributed by atoms with Crippen molar-refractivity contribution >= 4 is 5.69 Å². The van der Waals surface area contributed by atoms with Crippen LogP contribution in [-0.2, 0) is 11.3 Å². The van der Waals surface area contributed by atoms with Gasteiger partial charge in [0.05, 0.1) is 12.2 Å². The number of hydrogen-bond donors (Lipinski definition) is 1. The molecule has 0 amide bonds. The van der Waals surface area contributed by atoms with E-state index in [1.165, 1.54) is 0 Å². The summed E-state index contributed by atoms with van der Waals surface area (Å²) in [6.45, 7) is 5.45. The van der Waals surface area contributed by atoms with Crippen molar-refractivity contribution in [3.05, 3.63) is 29.6 Å². The van der Waals surface area contributed by atoms with E-state index in [0.717, 1.165) is 50.3 Å². The average molecular weight is 264 g/mol. The number of anilines is 1. The standard InChI is InChI=1S/C15H21FN2O/c1-2-17-8-11-5-12(16)7-13(6-11)18-9-14-3-4-15(10-18)19-14/h5-7,14-15,17H,2-4,8-10H2,1H3. The quantitative estimate of drug-likeness (QED) is 0.903. The van der Waals surface area contributed by atoms with Crippen molar-refractivity contribution in [2.24, 2.45) is 0 Å². The number of benzene rings is 1. The van der Waals surface area contributed by atoms with Crippen LogP contribution in [0.1, 0.15) is 25.3 Å². The third kappa shape index (κ3) is 2.90. The molecule has 2 unspecified atom stereocenters. The minimum atomic E-state index is -0.149. The number of ether oxygens (including phenoxy) is 1. The Bertz CT molecular complexity index is 440. The second kappa shape index (κ2) is 5.47. The van der Waals surface area contributed by atoms with Crippen LogP contribution in [0.15, 0.2) is 18.2 Å². The highest BCUT2D eigenvalue weighted by atomic mass is 19.1. The molecule has 0 aliphatic carbocycles. The summed E-state index contributed by atoms with van der Waals surface area (Å²) in [6.07, 6.45) is 2.94. The molecular formula is C15H21FN2O. The molecule has 1 aromatic rings. The maximum atomic E-state index is 13.7. The molecule has 0 saturated carbocycles. The van der Waals surface area contributed by atoms with Gasteiger partial charge in [-0.1, -0.05) is 6.92 Å². The van der Waals surface area contributed by atoms with Crippen molar-refractivity contribution in [3.8, 4) is 0 Å². The highest BCUT2D eigenvalue weighted by Gasteiger charge is 2.33. The summed E-state index contributed by atoms with van der Waals surface area (Å²) < 4.78 is 19.6. The number of halogens is 1. The van der Waals surface area contributed by atoms with Crippen molar-refractivity contribution in [3.63, 3.8) is 0 Å². The van der Waals surface area contributed by atoms with Crippen LogP contribution in [0.25, 0.3) is 0 Å². The molecule has 1 N–H and O–H groups in total. The first-order valence-corrected chi connectivity index (χ1v) is 7.15. The second-order valence-corrected chi connectivity index (χ2v) is 5.46. The minimum absolute atomic E-state index is 0.149. The van der Waals surface area contributed by atoms with Gasteiger partial charge >= 0.3 is 0 Å². The fraction of sp³-hybridized carbons (Fsp3) is 0.600. The first-order chi connectivity index (χ1) is 9.24. The van der Waals surface area contributed by atoms with Crippen LogP contribution in [0, 0.1) is 5.82 Å². The molecule has 2 aliphatic heterocycles. The van der Waals surface area contributed by atoms with Gasteiger partial charge in [0.25, 0.3) is 0 Å². The predicted octanol–water partition coefficient (Wildman–Crippen LogP) is 2.30. The van der Waals surface area contributed by atoms with Gasteiger partial charge in [0.2, 0.25) is 0 Å². The van der Waals surface area contributed by atoms with E-state index in [1.54, 1.807) is 12.1 Å². The van der Waals surface area contributed by atoms with Crippen molar-refractivity contribution < 1.29 is 9.13 Å². The summed E-state index contributed by atoms with van der Waals surface area (Å²) in [5.74, 6) is -0.149. The topological polar surface area (TPSA) is 24.5 Å². The predicted molar refractivity (Wildman–Crippen MR) is 73.9 cm³/mol. The van der Waals surface area contributed by atoms with E-state index in [-0.39, 0.29) is 5.82 Å². The van der Waals surface area contributed by atoms with Gasteiger partial charge in [0.1, 0.15) is 5.82 Å². The van der Waals surface area contributed by atoms with E-state index in [4.69, 9.17) is 4.74 Å². The van der Waals surface area contributed by atoms with Crippen LogP contribution < -0.4 is 10.2 Å². The highest BCUT2D eigenvalue weighted by Crippen LogP contribution is 2.30. The lowest BCUT2D eigenvalue weighted by atomic mass is 10.1. The van der Waals surface area contributed by atoms with Gasteiger partial charge in [-0.05, 0) is 43.1 Å². The molecule has 2 atom stereocenters. The normalized spacial score (nSPS) is 25.9. The number of hydrogen-bond acceptors (Lipinski definition) is 3. The smallest absolute Gasteiger partial charge is 0.125 e. The fourth-order valence-corrected chi connectivity index (χ4v) is 3.01. The Morgan fingerprint density at radius 3 is 2.68 bits per heavy atom. The molecule has 2 aliphatic rings. The Labute approximate surface area is 113 Å². The van der Waals surface area contributed by atoms with Crippen LogP contribution in [-0.4, -0.2) is 31.8 Å². The van der Waals surface area contributed by atoms with Gasteiger partial charge in [-0.15, -0.1) is 0 Å². The average Bonchev–Trinajstić information content (AvgIpc) is 2.74. The molecule has 104 valence electrons. The summed E-state index contributed by atoms with van der Waals surface area (Å²) in [7, 11) is 0. The van der Waals surface area contributed by atoms with E-state index in [2.05, 4.69) is 23.2 Å². The van der Waals surface area contributed by atoms with Gasteiger partial charge in [0.15, 0.2) is 0 Å². The molecular weight excluding hydrogens is 243 g/mol. The number of morpholine rings is 1. The molecule has 0 radical (unpaired) electrons. The zero-order chi connectivity index (χ0) is 13.2. The second-order valence-electron chi connectivity index (χ2n) is 5.46. The van der Waals surface area contributed by atoms with Crippen LogP contribution in [0.3, 0.4) is 0 Å². The van der Waals surface area contributed by atoms with Crippen molar-refractivity contribution in [1.82, 2.24) is 5.32 Å². The van der Waals surface area contributed by atoms with E-state index < -0.39 is 0 Å². The van der Waals surface area contributed by atoms with E-state index >= 15 is 0 Å². The zero-order valence-corrected chi connectivity index (χ0v) is 11.4. The van der Waals surface area contributed by atoms with Gasteiger partial charge in [-0.3, -0.25) is 0 Å². The number of fused-ring (bicyclic) bond motifs is 2. The Kier molecular flexibility index (Phi) is 3.71. The fourth-order valence-electron chi connectivity index (χ4n) is 3.01. The third-order valence-corrected chi connectivity index (χ3v) is 3.93. The Morgan fingerprint density at radius 1 is 1.26 bits per heavy atom. The molecule has 2 fully saturated rings. The monoisotopic (exact) mass is 264 g/mol. The van der Waals surface area contributed by atoms with E-state index in [1.807, 2.05) is 0 Å². The SMILES string of the molecule is CCNCc1cc(F)cc(N2CC3CCC(C2)O3)c1. The third-order valence-electron chi connectivity index (χ3n) is 3.93. The molecule has 0 spiro atoms. The number of nitrogens with one attached hydrogen (secondary N) is 1. The Hall–Kier alpha value is -1.13. The van der Waals surface area contributed by atoms with Gasteiger partial charge in [-0.2, -0.15) is 0 Å². The molecule has 4 heteroatoms. The molecule has 2 saturated heterocycles. The zero-order valence-electron chi connectivity index (χ0n) is 11.4. The summed E-state index contributed by atoms with van der Waals surface area (Å²) in [4.78, 5) is 2.27. The minimum Gasteiger partial charge on any atom is -0.371 e. The molecule has 19 heavy (non-hydrogen) atoms. The van der Waals surface area contributed by atoms with Crippen molar-refractivity contribution in [2.75, 3.05) is 24.5 Å². The van der Waals surface area contributed by atoms with Crippen LogP contribution in [0.5, 0.6) is 0 Å². The highest BCUT2D eigenvalue weighted by molar-refractivity contribution is 5.50. The van der Waals surface area contributed by atoms with E-state index in [9.17, 15) is 4.39 Å². The lowest BCUT2D eigenvalue weighted by Gasteiger charge is -2.34. The van der Waals surface area contributed by atoms with Crippen LogP contribution in [0.2, 0.25) is 0 Å². The molecule has 0 aromatic heterocycles. The maximum absolute atomic E-state index is 13.7. The van der Waals surface area contributed by atoms with Gasteiger partial charge in [0, 0.05) is 25.3 Å². The van der Waals surface area contributed by atoms with E-state index in [0.29, 0.717) is 12.2 Å². The maximum Gasteiger partial charge on any atom is 0.125 e. The Balaban J connectivity index is 1.77.